The van der Waals surface area contributed by atoms with E-state index in [0.29, 0.717) is 0 Å². The van der Waals surface area contributed by atoms with Crippen LogP contribution < -0.4 is 4.66 Å². The first-order chi connectivity index (χ1) is 1.00. The molecule has 0 saturated carbocycles. The van der Waals surface area contributed by atoms with E-state index in [-0.39, 0.29) is 22.8 Å². The van der Waals surface area contributed by atoms with Gasteiger partial charge in [-0.1, -0.05) is 0 Å². The summed E-state index contributed by atoms with van der Waals surface area (Å²) in [4.78, 5) is 0. The van der Waals surface area contributed by atoms with Crippen molar-refractivity contribution in [3.63, 3.8) is 0 Å². The van der Waals surface area contributed by atoms with Crippen LogP contribution in [0.5, 0.6) is 0 Å². The average molecular weight is 100 g/mol. The standard InChI is InChI=1S/Al.ClHO.H2O.3H/c;1-2;;;;/h;1H;1H2;;;. The Labute approximate surface area is 40.0 Å². The smallest absolute Gasteiger partial charge is 0.187 e. The van der Waals surface area contributed by atoms with Crippen molar-refractivity contribution in [1.82, 2.24) is 0 Å². The van der Waals surface area contributed by atoms with Crippen LogP contribution in [0, 0.1) is 11.9 Å². The van der Waals surface area contributed by atoms with Crippen LogP contribution in [-0.2, 0) is 0 Å². The SMILES string of the molecule is O.[AlH3].[O-][ClH+]. The molecule has 0 aliphatic carbocycles. The van der Waals surface area contributed by atoms with E-state index in [2.05, 4.69) is 11.9 Å². The quantitative estimate of drug-likeness (QED) is 0.292. The average Bonchev–Trinajstić information content (AvgIpc) is 1.00. The summed E-state index contributed by atoms with van der Waals surface area (Å²) < 4.78 is 7.83. The third-order valence-corrected chi connectivity index (χ3v) is 0. The van der Waals surface area contributed by atoms with Crippen molar-refractivity contribution in [2.24, 2.45) is 0 Å². The largest absolute Gasteiger partial charge is 0.547 e. The van der Waals surface area contributed by atoms with Crippen molar-refractivity contribution in [3.8, 4) is 0 Å². The summed E-state index contributed by atoms with van der Waals surface area (Å²) in [5, 5.41) is 0. The number of hydrogen-bond acceptors (Lipinski definition) is 1. The molecule has 0 unspecified atom stereocenters. The van der Waals surface area contributed by atoms with Crippen LogP contribution in [0.25, 0.3) is 0 Å². The van der Waals surface area contributed by atoms with E-state index < -0.39 is 0 Å². The van der Waals surface area contributed by atoms with E-state index in [1.807, 2.05) is 0 Å². The van der Waals surface area contributed by atoms with Gasteiger partial charge >= 0.3 is 0 Å². The molecule has 28 valence electrons. The molecular weight excluding hydrogens is 94.4 g/mol. The molecule has 0 atom stereocenters. The Morgan fingerprint density at radius 2 is 1.25 bits per heavy atom. The molecular formula is H6AlClO2. The first-order valence-electron chi connectivity index (χ1n) is 0.167. The zero-order valence-electron chi connectivity index (χ0n) is 1.32. The van der Waals surface area contributed by atoms with Crippen molar-refractivity contribution in [1.29, 1.82) is 0 Å². The zero-order valence-corrected chi connectivity index (χ0v) is 2.13. The van der Waals surface area contributed by atoms with Gasteiger partial charge in [-0.25, -0.2) is 0 Å². The van der Waals surface area contributed by atoms with Crippen molar-refractivity contribution in [3.05, 3.63) is 0 Å². The highest BCUT2D eigenvalue weighted by Crippen LogP contribution is 0.569. The van der Waals surface area contributed by atoms with Gasteiger partial charge in [0.15, 0.2) is 17.4 Å². The Hall–Kier alpha value is 0.742. The van der Waals surface area contributed by atoms with Crippen LogP contribution in [0.15, 0.2) is 0 Å². The Morgan fingerprint density at radius 3 is 1.25 bits per heavy atom. The second-order valence-corrected chi connectivity index (χ2v) is 0. The normalized spacial score (nSPS) is 1.50. The van der Waals surface area contributed by atoms with Crippen LogP contribution in [0.1, 0.15) is 0 Å². The lowest BCUT2D eigenvalue weighted by Gasteiger charge is -1.28. The van der Waals surface area contributed by atoms with Crippen LogP contribution in [0.2, 0.25) is 0 Å². The Bertz CT molecular complexity index is 6.00. The van der Waals surface area contributed by atoms with E-state index in [4.69, 9.17) is 4.66 Å². The maximum Gasteiger partial charge on any atom is 0.187 e. The minimum Gasteiger partial charge on any atom is -0.547 e. The predicted molar refractivity (Wildman–Crippen MR) is 14.9 cm³/mol. The third kappa shape index (κ3) is 15.1. The van der Waals surface area contributed by atoms with Gasteiger partial charge in [-0.3, -0.25) is 0 Å². The molecule has 0 aliphatic heterocycles. The summed E-state index contributed by atoms with van der Waals surface area (Å²) >= 11 is 2.83. The summed E-state index contributed by atoms with van der Waals surface area (Å²) in [5.41, 5.74) is 0. The van der Waals surface area contributed by atoms with Gasteiger partial charge in [0.1, 0.15) is 0 Å². The van der Waals surface area contributed by atoms with Crippen molar-refractivity contribution < 1.29 is 22.0 Å². The fourth-order valence-electron chi connectivity index (χ4n) is 0. The maximum absolute atomic E-state index is 7.83. The second kappa shape index (κ2) is 51.1. The molecule has 4 heteroatoms. The van der Waals surface area contributed by atoms with Crippen molar-refractivity contribution in [2.75, 3.05) is 0 Å². The zero-order chi connectivity index (χ0) is 2.00. The minimum atomic E-state index is 0. The lowest BCUT2D eigenvalue weighted by molar-refractivity contribution is -1.00. The number of rotatable bonds is 0. The fraction of sp³-hybridized carbons (Fsp3) is 0. The molecule has 0 aromatic heterocycles. The van der Waals surface area contributed by atoms with Gasteiger partial charge < -0.3 is 10.1 Å². The molecule has 0 aliphatic rings. The molecule has 0 spiro atoms. The van der Waals surface area contributed by atoms with Crippen LogP contribution in [-0.4, -0.2) is 22.8 Å². The summed E-state index contributed by atoms with van der Waals surface area (Å²) in [6.07, 6.45) is 0. The molecule has 0 aromatic rings. The lowest BCUT2D eigenvalue weighted by atomic mass is 15.9. The molecule has 2 N–H and O–H groups in total. The molecule has 0 aromatic carbocycles. The monoisotopic (exact) mass is 100.0 g/mol. The van der Waals surface area contributed by atoms with Gasteiger partial charge in [0.25, 0.3) is 0 Å². The first-order valence-corrected chi connectivity index (χ1v) is 0.500. The lowest BCUT2D eigenvalue weighted by Crippen LogP contribution is -1.76. The van der Waals surface area contributed by atoms with E-state index >= 15 is 0 Å². The maximum atomic E-state index is 7.83. The number of halogens is 1. The summed E-state index contributed by atoms with van der Waals surface area (Å²) in [5.74, 6) is 0. The molecule has 0 fully saturated rings. The molecule has 0 amide bonds. The molecule has 0 heterocycles. The number of hydrogen-bond donors (Lipinski definition) is 0. The van der Waals surface area contributed by atoms with Crippen LogP contribution in [0.4, 0.5) is 0 Å². The van der Waals surface area contributed by atoms with Crippen molar-refractivity contribution >= 4 is 17.4 Å². The van der Waals surface area contributed by atoms with Gasteiger partial charge in [-0.15, -0.1) is 0 Å². The highest BCUT2D eigenvalue weighted by Gasteiger charge is 0.819. The van der Waals surface area contributed by atoms with Crippen LogP contribution >= 0.6 is 0 Å². The highest BCUT2D eigenvalue weighted by molar-refractivity contribution is 5.75. The predicted octanol–water partition coefficient (Wildman–Crippen LogP) is -3.47. The topological polar surface area (TPSA) is 54.6 Å². The van der Waals surface area contributed by atoms with Crippen molar-refractivity contribution in [2.45, 2.75) is 0 Å². The van der Waals surface area contributed by atoms with E-state index in [1.54, 1.807) is 0 Å². The van der Waals surface area contributed by atoms with Crippen LogP contribution in [0.3, 0.4) is 0 Å². The van der Waals surface area contributed by atoms with E-state index in [1.165, 1.54) is 0 Å². The fourth-order valence-corrected chi connectivity index (χ4v) is 0. The minimum absolute atomic E-state index is 0. The Kier molecular flexibility index (Phi) is 279. The second-order valence-electron chi connectivity index (χ2n) is 0. The third-order valence-electron chi connectivity index (χ3n) is 0. The Morgan fingerprint density at radius 1 is 1.25 bits per heavy atom. The van der Waals surface area contributed by atoms with Gasteiger partial charge in [-0.2, -0.15) is 0 Å². The molecule has 0 radical (unpaired) electrons. The molecule has 4 heavy (non-hydrogen) atoms. The van der Waals surface area contributed by atoms with Gasteiger partial charge in [-0.05, 0) is 0 Å². The summed E-state index contributed by atoms with van der Waals surface area (Å²) in [6.45, 7) is 0. The molecule has 0 saturated heterocycles. The van der Waals surface area contributed by atoms with Gasteiger partial charge in [0.05, 0.1) is 11.9 Å². The van der Waals surface area contributed by atoms with Gasteiger partial charge in [0, 0.05) is 0 Å². The van der Waals surface area contributed by atoms with Gasteiger partial charge in [0.2, 0.25) is 0 Å². The molecule has 0 bridgehead atoms. The first kappa shape index (κ1) is 21.9. The van der Waals surface area contributed by atoms with E-state index in [9.17, 15) is 0 Å². The molecule has 2 nitrogen and oxygen atoms in total. The molecule has 0 rings (SSSR count). The highest BCUT2D eigenvalue weighted by atomic mass is 35.5. The summed E-state index contributed by atoms with van der Waals surface area (Å²) in [7, 11) is 0. The van der Waals surface area contributed by atoms with E-state index in [0.717, 1.165) is 0 Å². The Balaban J connectivity index is -0.00000000500. The summed E-state index contributed by atoms with van der Waals surface area (Å²) in [6, 6.07) is 0.